The number of likely N-dealkylation sites (N-methyl/N-ethyl adjacent to an activating group) is 1. The summed E-state index contributed by atoms with van der Waals surface area (Å²) in [5.41, 5.74) is -0.443. The Hall–Kier alpha value is -0.560. The lowest BCUT2D eigenvalue weighted by atomic mass is 10.1. The summed E-state index contributed by atoms with van der Waals surface area (Å²) >= 11 is 5.89. The average molecular weight is 305 g/mol. The standard InChI is InChI=1S/C13H25ClN4O2/c1-13(2,3)20-12(19)18-7-5-6-9(8-18)15-10-11(16-10)17(4)14/h9-11,15-16H,5-8H2,1-4H3. The van der Waals surface area contributed by atoms with Crippen LogP contribution < -0.4 is 10.6 Å². The highest BCUT2D eigenvalue weighted by Gasteiger charge is 2.41. The first-order valence-corrected chi connectivity index (χ1v) is 7.49. The number of nitrogens with zero attached hydrogens (tertiary/aromatic N) is 2. The van der Waals surface area contributed by atoms with Gasteiger partial charge in [-0.2, -0.15) is 0 Å². The smallest absolute Gasteiger partial charge is 0.410 e. The number of likely N-dealkylation sites (tertiary alicyclic amines) is 1. The van der Waals surface area contributed by atoms with Crippen LogP contribution in [0.1, 0.15) is 33.6 Å². The highest BCUT2D eigenvalue weighted by molar-refractivity contribution is 6.13. The van der Waals surface area contributed by atoms with Gasteiger partial charge in [0.1, 0.15) is 11.8 Å². The van der Waals surface area contributed by atoms with Crippen LogP contribution in [0.25, 0.3) is 0 Å². The lowest BCUT2D eigenvalue weighted by Gasteiger charge is -2.34. The molecule has 20 heavy (non-hydrogen) atoms. The molecule has 2 saturated heterocycles. The van der Waals surface area contributed by atoms with Crippen LogP contribution in [-0.4, -0.2) is 59.5 Å². The van der Waals surface area contributed by atoms with Gasteiger partial charge in [-0.3, -0.25) is 10.6 Å². The van der Waals surface area contributed by atoms with Crippen LogP contribution in [0, 0.1) is 0 Å². The normalized spacial score (nSPS) is 30.5. The third kappa shape index (κ3) is 4.48. The molecule has 2 fully saturated rings. The number of carbonyl (C=O) groups is 1. The van der Waals surface area contributed by atoms with E-state index in [-0.39, 0.29) is 24.5 Å². The number of halogens is 1. The Labute approximate surface area is 125 Å². The molecule has 3 atom stereocenters. The number of nitrogens with one attached hydrogen (secondary N) is 2. The van der Waals surface area contributed by atoms with E-state index in [1.54, 1.807) is 9.32 Å². The van der Waals surface area contributed by atoms with Gasteiger partial charge in [-0.1, -0.05) is 0 Å². The quantitative estimate of drug-likeness (QED) is 0.608. The minimum atomic E-state index is -0.443. The van der Waals surface area contributed by atoms with E-state index in [2.05, 4.69) is 10.6 Å². The molecule has 1 amide bonds. The van der Waals surface area contributed by atoms with Crippen molar-refractivity contribution in [2.24, 2.45) is 0 Å². The van der Waals surface area contributed by atoms with Crippen molar-refractivity contribution in [2.45, 2.75) is 57.6 Å². The van der Waals surface area contributed by atoms with Crippen molar-refractivity contribution >= 4 is 17.9 Å². The van der Waals surface area contributed by atoms with Gasteiger partial charge in [0.2, 0.25) is 0 Å². The number of amides is 1. The minimum absolute atomic E-state index is 0.175. The third-order valence-corrected chi connectivity index (χ3v) is 3.64. The number of ether oxygens (including phenoxy) is 1. The largest absolute Gasteiger partial charge is 0.444 e. The summed E-state index contributed by atoms with van der Waals surface area (Å²) in [6.45, 7) is 7.12. The average Bonchev–Trinajstić information content (AvgIpc) is 3.06. The van der Waals surface area contributed by atoms with E-state index in [4.69, 9.17) is 16.5 Å². The van der Waals surface area contributed by atoms with E-state index in [9.17, 15) is 4.79 Å². The molecule has 0 radical (unpaired) electrons. The highest BCUT2D eigenvalue weighted by atomic mass is 35.5. The van der Waals surface area contributed by atoms with Crippen molar-refractivity contribution in [3.63, 3.8) is 0 Å². The second-order valence-electron chi connectivity index (χ2n) is 6.55. The summed E-state index contributed by atoms with van der Waals surface area (Å²) in [7, 11) is 1.83. The van der Waals surface area contributed by atoms with Crippen LogP contribution in [0.15, 0.2) is 0 Å². The van der Waals surface area contributed by atoms with Gasteiger partial charge >= 0.3 is 6.09 Å². The van der Waals surface area contributed by atoms with Crippen LogP contribution in [0.3, 0.4) is 0 Å². The van der Waals surface area contributed by atoms with Crippen molar-refractivity contribution in [1.82, 2.24) is 20.0 Å². The molecule has 0 spiro atoms. The summed E-state index contributed by atoms with van der Waals surface area (Å²) < 4.78 is 7.05. The maximum absolute atomic E-state index is 12.1. The summed E-state index contributed by atoms with van der Waals surface area (Å²) in [6.07, 6.45) is 2.22. The van der Waals surface area contributed by atoms with Gasteiger partial charge in [-0.15, -0.1) is 0 Å². The van der Waals surface area contributed by atoms with Crippen molar-refractivity contribution in [3.05, 3.63) is 0 Å². The van der Waals surface area contributed by atoms with Gasteiger partial charge in [0.05, 0.1) is 6.17 Å². The predicted octanol–water partition coefficient (Wildman–Crippen LogP) is 1.32. The number of rotatable bonds is 3. The molecule has 6 nitrogen and oxygen atoms in total. The summed E-state index contributed by atoms with van der Waals surface area (Å²) in [6, 6.07) is 0.287. The van der Waals surface area contributed by atoms with Crippen LogP contribution in [0.5, 0.6) is 0 Å². The molecule has 2 N–H and O–H groups in total. The van der Waals surface area contributed by atoms with Crippen molar-refractivity contribution in [3.8, 4) is 0 Å². The fourth-order valence-corrected chi connectivity index (χ4v) is 2.60. The van der Waals surface area contributed by atoms with E-state index in [1.165, 1.54) is 0 Å². The molecule has 2 aliphatic rings. The number of hydrogen-bond donors (Lipinski definition) is 2. The molecule has 2 rings (SSSR count). The lowest BCUT2D eigenvalue weighted by Crippen LogP contribution is -2.50. The SMILES string of the molecule is CN(Cl)C1NC1NC1CCCN(C(=O)OC(C)(C)C)C1. The number of carbonyl (C=O) groups excluding carboxylic acids is 1. The topological polar surface area (TPSA) is 66.8 Å². The molecule has 0 aromatic rings. The van der Waals surface area contributed by atoms with Gasteiger partial charge in [-0.05, 0) is 45.4 Å². The first-order chi connectivity index (χ1) is 9.26. The van der Waals surface area contributed by atoms with Crippen molar-refractivity contribution < 1.29 is 9.53 Å². The van der Waals surface area contributed by atoms with Crippen LogP contribution in [0.2, 0.25) is 0 Å². The summed E-state index contributed by atoms with van der Waals surface area (Å²) in [5, 5.41) is 6.73. The maximum atomic E-state index is 12.1. The Kier molecular flexibility index (Phi) is 4.79. The Morgan fingerprint density at radius 2 is 2.20 bits per heavy atom. The number of piperidine rings is 1. The van der Waals surface area contributed by atoms with Crippen LogP contribution in [-0.2, 0) is 4.74 Å². The van der Waals surface area contributed by atoms with E-state index in [0.717, 1.165) is 19.4 Å². The zero-order valence-electron chi connectivity index (χ0n) is 12.6. The zero-order chi connectivity index (χ0) is 14.9. The van der Waals surface area contributed by atoms with Gasteiger partial charge < -0.3 is 9.64 Å². The molecular weight excluding hydrogens is 280 g/mol. The minimum Gasteiger partial charge on any atom is -0.444 e. The second kappa shape index (κ2) is 6.05. The van der Waals surface area contributed by atoms with Gasteiger partial charge in [-0.25, -0.2) is 9.21 Å². The monoisotopic (exact) mass is 304 g/mol. The lowest BCUT2D eigenvalue weighted by molar-refractivity contribution is 0.0186. The first kappa shape index (κ1) is 15.8. The Balaban J connectivity index is 1.79. The molecule has 2 heterocycles. The Morgan fingerprint density at radius 1 is 1.50 bits per heavy atom. The van der Waals surface area contributed by atoms with Crippen LogP contribution in [0.4, 0.5) is 4.79 Å². The van der Waals surface area contributed by atoms with E-state index in [1.807, 2.05) is 27.8 Å². The summed E-state index contributed by atoms with van der Waals surface area (Å²) in [4.78, 5) is 13.9. The second-order valence-corrected chi connectivity index (χ2v) is 7.08. The van der Waals surface area contributed by atoms with Gasteiger partial charge in [0.25, 0.3) is 0 Å². The van der Waals surface area contributed by atoms with Gasteiger partial charge in [0, 0.05) is 26.2 Å². The summed E-state index contributed by atoms with van der Waals surface area (Å²) in [5.74, 6) is 0. The van der Waals surface area contributed by atoms with Crippen molar-refractivity contribution in [1.29, 1.82) is 0 Å². The highest BCUT2D eigenvalue weighted by Crippen LogP contribution is 2.19. The molecule has 2 aliphatic heterocycles. The molecule has 0 aromatic heterocycles. The Morgan fingerprint density at radius 3 is 2.75 bits per heavy atom. The molecule has 7 heteroatoms. The fraction of sp³-hybridized carbons (Fsp3) is 0.923. The molecule has 116 valence electrons. The third-order valence-electron chi connectivity index (χ3n) is 3.43. The van der Waals surface area contributed by atoms with Crippen LogP contribution >= 0.6 is 11.8 Å². The molecule has 0 bridgehead atoms. The molecule has 3 unspecified atom stereocenters. The van der Waals surface area contributed by atoms with E-state index in [0.29, 0.717) is 6.54 Å². The fourth-order valence-electron chi connectivity index (χ4n) is 2.44. The maximum Gasteiger partial charge on any atom is 0.410 e. The van der Waals surface area contributed by atoms with E-state index >= 15 is 0 Å². The molecular formula is C13H25ClN4O2. The predicted molar refractivity (Wildman–Crippen MR) is 78.3 cm³/mol. The Bertz CT molecular complexity index is 359. The zero-order valence-corrected chi connectivity index (χ0v) is 13.4. The molecule has 0 aliphatic carbocycles. The first-order valence-electron chi connectivity index (χ1n) is 7.15. The van der Waals surface area contributed by atoms with E-state index < -0.39 is 5.60 Å². The van der Waals surface area contributed by atoms with Gasteiger partial charge in [0.15, 0.2) is 0 Å². The molecule has 0 saturated carbocycles. The number of hydrogen-bond acceptors (Lipinski definition) is 5. The molecule has 0 aromatic carbocycles. The van der Waals surface area contributed by atoms with Crippen molar-refractivity contribution in [2.75, 3.05) is 20.1 Å².